The number of methoxy groups -OCH3 is 1. The molecule has 0 aliphatic carbocycles. The van der Waals surface area contributed by atoms with Gasteiger partial charge in [-0.1, -0.05) is 0 Å². The molecular formula is C11H20N4OS. The van der Waals surface area contributed by atoms with Gasteiger partial charge in [0.25, 0.3) is 0 Å². The van der Waals surface area contributed by atoms with Crippen molar-refractivity contribution in [2.75, 3.05) is 50.0 Å². The van der Waals surface area contributed by atoms with Crippen LogP contribution >= 0.6 is 11.8 Å². The molecule has 0 aliphatic rings. The average Bonchev–Trinajstić information content (AvgIpc) is 2.35. The van der Waals surface area contributed by atoms with E-state index in [1.54, 1.807) is 7.11 Å². The van der Waals surface area contributed by atoms with Crippen LogP contribution in [-0.2, 0) is 11.3 Å². The summed E-state index contributed by atoms with van der Waals surface area (Å²) in [6.07, 6.45) is 2.10. The van der Waals surface area contributed by atoms with E-state index in [1.807, 2.05) is 31.9 Å². The second-order valence-corrected chi connectivity index (χ2v) is 4.61. The summed E-state index contributed by atoms with van der Waals surface area (Å²) in [5, 5.41) is 3.04. The number of rotatable bonds is 7. The van der Waals surface area contributed by atoms with E-state index in [0.717, 1.165) is 23.9 Å². The number of hydrogen-bond acceptors (Lipinski definition) is 6. The Morgan fingerprint density at radius 3 is 2.82 bits per heavy atom. The molecule has 1 aromatic rings. The van der Waals surface area contributed by atoms with Crippen molar-refractivity contribution < 1.29 is 4.74 Å². The van der Waals surface area contributed by atoms with Crippen molar-refractivity contribution in [3.8, 4) is 0 Å². The normalized spacial score (nSPS) is 10.4. The van der Waals surface area contributed by atoms with Crippen LogP contribution in [0.2, 0.25) is 0 Å². The Hall–Kier alpha value is -1.01. The first-order valence-corrected chi connectivity index (χ1v) is 6.85. The van der Waals surface area contributed by atoms with Crippen LogP contribution in [0.3, 0.4) is 0 Å². The van der Waals surface area contributed by atoms with E-state index in [2.05, 4.69) is 26.4 Å². The third kappa shape index (κ3) is 4.40. The van der Waals surface area contributed by atoms with Crippen LogP contribution in [-0.4, -0.2) is 49.7 Å². The lowest BCUT2D eigenvalue weighted by molar-refractivity contribution is 0.178. The van der Waals surface area contributed by atoms with Crippen LogP contribution in [0.5, 0.6) is 0 Å². The van der Waals surface area contributed by atoms with Gasteiger partial charge in [0.05, 0.1) is 0 Å². The summed E-state index contributed by atoms with van der Waals surface area (Å²) in [4.78, 5) is 10.9. The fraction of sp³-hybridized carbons (Fsp3) is 0.636. The first kappa shape index (κ1) is 14.1. The largest absolute Gasteiger partial charge is 0.377 e. The molecule has 5 nitrogen and oxygen atoms in total. The number of ether oxygens (including phenoxy) is 1. The SMILES string of the molecule is CNc1cc(N(C)CCSC)nc(COC)n1. The molecule has 0 bridgehead atoms. The standard InChI is InChI=1S/C11H20N4OS/c1-12-9-7-11(15(2)5-6-17-4)14-10(13-9)8-16-3/h7H,5-6,8H2,1-4H3,(H,12,13,14). The van der Waals surface area contributed by atoms with Gasteiger partial charge < -0.3 is 15.0 Å². The number of hydrogen-bond donors (Lipinski definition) is 1. The third-order valence-electron chi connectivity index (χ3n) is 2.31. The molecule has 0 fully saturated rings. The number of nitrogens with one attached hydrogen (secondary N) is 1. The van der Waals surface area contributed by atoms with Crippen molar-refractivity contribution in [1.29, 1.82) is 0 Å². The molecule has 0 saturated carbocycles. The first-order chi connectivity index (χ1) is 8.21. The molecule has 1 aromatic heterocycles. The fourth-order valence-corrected chi connectivity index (χ4v) is 1.80. The Balaban J connectivity index is 2.85. The van der Waals surface area contributed by atoms with Gasteiger partial charge in [-0.25, -0.2) is 9.97 Å². The highest BCUT2D eigenvalue weighted by atomic mass is 32.2. The molecule has 0 saturated heterocycles. The minimum absolute atomic E-state index is 0.429. The Labute approximate surface area is 107 Å². The first-order valence-electron chi connectivity index (χ1n) is 5.46. The summed E-state index contributed by atoms with van der Waals surface area (Å²) in [6, 6.07) is 1.94. The molecule has 0 spiro atoms. The molecule has 0 aliphatic heterocycles. The molecule has 0 aromatic carbocycles. The van der Waals surface area contributed by atoms with Crippen LogP contribution in [0.1, 0.15) is 5.82 Å². The topological polar surface area (TPSA) is 50.3 Å². The van der Waals surface area contributed by atoms with Crippen LogP contribution < -0.4 is 10.2 Å². The van der Waals surface area contributed by atoms with Gasteiger partial charge >= 0.3 is 0 Å². The Bertz CT molecular complexity index is 348. The van der Waals surface area contributed by atoms with Crippen LogP contribution in [0, 0.1) is 0 Å². The molecule has 6 heteroatoms. The lowest BCUT2D eigenvalue weighted by Gasteiger charge is -2.18. The highest BCUT2D eigenvalue weighted by molar-refractivity contribution is 7.98. The fourth-order valence-electron chi connectivity index (χ4n) is 1.34. The van der Waals surface area contributed by atoms with Gasteiger partial charge in [-0.05, 0) is 6.26 Å². The number of thioether (sulfide) groups is 1. The van der Waals surface area contributed by atoms with E-state index in [0.29, 0.717) is 12.4 Å². The molecule has 0 amide bonds. The zero-order valence-electron chi connectivity index (χ0n) is 10.9. The Kier molecular flexibility index (Phi) is 6.07. The van der Waals surface area contributed by atoms with Gasteiger partial charge in [-0.15, -0.1) is 0 Å². The van der Waals surface area contributed by atoms with Gasteiger partial charge in [-0.2, -0.15) is 11.8 Å². The van der Waals surface area contributed by atoms with E-state index >= 15 is 0 Å². The Morgan fingerprint density at radius 1 is 1.47 bits per heavy atom. The van der Waals surface area contributed by atoms with E-state index < -0.39 is 0 Å². The molecule has 17 heavy (non-hydrogen) atoms. The second kappa shape index (κ2) is 7.34. The van der Waals surface area contributed by atoms with Crippen molar-refractivity contribution in [2.24, 2.45) is 0 Å². The van der Waals surface area contributed by atoms with Gasteiger partial charge in [0.15, 0.2) is 5.82 Å². The summed E-state index contributed by atoms with van der Waals surface area (Å²) >= 11 is 1.82. The lowest BCUT2D eigenvalue weighted by Crippen LogP contribution is -2.22. The predicted octanol–water partition coefficient (Wildman–Crippen LogP) is 1.46. The van der Waals surface area contributed by atoms with Gasteiger partial charge in [0, 0.05) is 39.6 Å². The van der Waals surface area contributed by atoms with E-state index in [-0.39, 0.29) is 0 Å². The minimum Gasteiger partial charge on any atom is -0.377 e. The van der Waals surface area contributed by atoms with Crippen molar-refractivity contribution in [3.05, 3.63) is 11.9 Å². The molecule has 1 heterocycles. The quantitative estimate of drug-likeness (QED) is 0.797. The van der Waals surface area contributed by atoms with Crippen molar-refractivity contribution in [3.63, 3.8) is 0 Å². The maximum Gasteiger partial charge on any atom is 0.158 e. The summed E-state index contributed by atoms with van der Waals surface area (Å²) in [7, 11) is 5.53. The molecule has 1 N–H and O–H groups in total. The molecule has 1 rings (SSSR count). The van der Waals surface area contributed by atoms with Crippen LogP contribution in [0.4, 0.5) is 11.6 Å². The summed E-state index contributed by atoms with van der Waals surface area (Å²) in [6.45, 7) is 1.40. The molecule has 0 radical (unpaired) electrons. The van der Waals surface area contributed by atoms with Crippen molar-refractivity contribution in [1.82, 2.24) is 9.97 Å². The Morgan fingerprint density at radius 2 is 2.24 bits per heavy atom. The number of aromatic nitrogens is 2. The summed E-state index contributed by atoms with van der Waals surface area (Å²) < 4.78 is 5.07. The van der Waals surface area contributed by atoms with Crippen molar-refractivity contribution in [2.45, 2.75) is 6.61 Å². The van der Waals surface area contributed by atoms with Crippen molar-refractivity contribution >= 4 is 23.4 Å². The number of nitrogens with zero attached hydrogens (tertiary/aromatic N) is 3. The molecule has 0 unspecified atom stereocenters. The van der Waals surface area contributed by atoms with Gasteiger partial charge in [0.1, 0.15) is 18.2 Å². The van der Waals surface area contributed by atoms with Gasteiger partial charge in [0.2, 0.25) is 0 Å². The van der Waals surface area contributed by atoms with E-state index in [4.69, 9.17) is 4.74 Å². The average molecular weight is 256 g/mol. The summed E-state index contributed by atoms with van der Waals surface area (Å²) in [5.74, 6) is 3.52. The highest BCUT2D eigenvalue weighted by Gasteiger charge is 2.07. The highest BCUT2D eigenvalue weighted by Crippen LogP contribution is 2.15. The van der Waals surface area contributed by atoms with E-state index in [9.17, 15) is 0 Å². The zero-order chi connectivity index (χ0) is 12.7. The molecular weight excluding hydrogens is 236 g/mol. The molecule has 0 atom stereocenters. The zero-order valence-corrected chi connectivity index (χ0v) is 11.7. The minimum atomic E-state index is 0.429. The monoisotopic (exact) mass is 256 g/mol. The maximum atomic E-state index is 5.07. The third-order valence-corrected chi connectivity index (χ3v) is 2.90. The lowest BCUT2D eigenvalue weighted by atomic mass is 10.4. The van der Waals surface area contributed by atoms with E-state index in [1.165, 1.54) is 0 Å². The number of anilines is 2. The van der Waals surface area contributed by atoms with Crippen LogP contribution in [0.15, 0.2) is 6.07 Å². The maximum absolute atomic E-state index is 5.07. The predicted molar refractivity (Wildman–Crippen MR) is 73.9 cm³/mol. The second-order valence-electron chi connectivity index (χ2n) is 3.62. The van der Waals surface area contributed by atoms with Gasteiger partial charge in [-0.3, -0.25) is 0 Å². The smallest absolute Gasteiger partial charge is 0.158 e. The van der Waals surface area contributed by atoms with Crippen LogP contribution in [0.25, 0.3) is 0 Å². The molecule has 96 valence electrons. The summed E-state index contributed by atoms with van der Waals surface area (Å²) in [5.41, 5.74) is 0.